The third-order valence-corrected chi connectivity index (χ3v) is 18.1. The maximum atomic E-state index is 14.2. The van der Waals surface area contributed by atoms with Crippen molar-refractivity contribution in [2.45, 2.75) is 118 Å². The summed E-state index contributed by atoms with van der Waals surface area (Å²) in [6.45, 7) is 12.1. The first-order valence-corrected chi connectivity index (χ1v) is 27.5. The Morgan fingerprint density at radius 1 is 1.00 bits per heavy atom. The number of methoxy groups -OCH3 is 1. The molecule has 22 heteroatoms. The molecule has 70 heavy (non-hydrogen) atoms. The van der Waals surface area contributed by atoms with Crippen LogP contribution in [0.1, 0.15) is 90.3 Å². The first-order chi connectivity index (χ1) is 33.4. The van der Waals surface area contributed by atoms with E-state index in [9.17, 15) is 36.0 Å². The number of aromatic nitrogens is 2. The van der Waals surface area contributed by atoms with Gasteiger partial charge in [-0.25, -0.2) is 26.4 Å². The molecule has 0 bridgehead atoms. The molecular weight excluding hydrogens is 963 g/mol. The smallest absolute Gasteiger partial charge is 0.322 e. The number of likely N-dealkylation sites (tertiary alicyclic amines) is 1. The van der Waals surface area contributed by atoms with Crippen LogP contribution in [-0.2, 0) is 50.3 Å². The summed E-state index contributed by atoms with van der Waals surface area (Å²) in [7, 11) is -6.65. The van der Waals surface area contributed by atoms with Gasteiger partial charge in [0.25, 0.3) is 10.0 Å². The fourth-order valence-electron chi connectivity index (χ4n) is 8.34. The molecule has 19 nitrogen and oxygen atoms in total. The molecule has 3 amide bonds. The van der Waals surface area contributed by atoms with Gasteiger partial charge in [-0.2, -0.15) is 5.10 Å². The van der Waals surface area contributed by atoms with Crippen LogP contribution in [0, 0.1) is 0 Å². The molecule has 2 aromatic heterocycles. The monoisotopic (exact) mass is 1030 g/mol. The van der Waals surface area contributed by atoms with E-state index >= 15 is 0 Å². The molecule has 0 saturated carbocycles. The van der Waals surface area contributed by atoms with Gasteiger partial charge in [0.1, 0.15) is 44.8 Å². The van der Waals surface area contributed by atoms with Crippen molar-refractivity contribution in [2.75, 3.05) is 58.4 Å². The number of carbonyl (C=O) groups is 4. The van der Waals surface area contributed by atoms with Crippen LogP contribution in [0.2, 0.25) is 0 Å². The van der Waals surface area contributed by atoms with Crippen LogP contribution in [0.5, 0.6) is 11.5 Å². The van der Waals surface area contributed by atoms with Crippen molar-refractivity contribution in [3.63, 3.8) is 0 Å². The Kier molecular flexibility index (Phi) is 19.1. The lowest BCUT2D eigenvalue weighted by molar-refractivity contribution is -0.149. The third-order valence-electron chi connectivity index (χ3n) is 12.3. The summed E-state index contributed by atoms with van der Waals surface area (Å²) >= 11 is 0.590. The minimum atomic E-state index is -4.45. The van der Waals surface area contributed by atoms with E-state index in [0.29, 0.717) is 47.2 Å². The van der Waals surface area contributed by atoms with Gasteiger partial charge in [-0.05, 0) is 108 Å². The molecule has 5 atom stereocenters. The Hall–Kier alpha value is -5.23. The van der Waals surface area contributed by atoms with E-state index in [-0.39, 0.29) is 47.0 Å². The van der Waals surface area contributed by atoms with Crippen molar-refractivity contribution in [1.29, 1.82) is 0 Å². The second-order valence-corrected chi connectivity index (χ2v) is 22.9. The van der Waals surface area contributed by atoms with E-state index in [0.717, 1.165) is 49.2 Å². The highest BCUT2D eigenvalue weighted by Gasteiger charge is 2.40. The number of fused-ring (bicyclic) bond motifs is 1. The normalized spacial score (nSPS) is 18.0. The first-order valence-electron chi connectivity index (χ1n) is 23.6. The summed E-state index contributed by atoms with van der Waals surface area (Å²) in [6, 6.07) is 13.4. The average molecular weight is 1030 g/mol. The SMILES string of the molecule is CCN[C@H]1C[C@H](C)S(=O)(=O)c2sc(S(=O)(=O)NC(=O)CCC(=O)C(C)OC(C)C(=O)C(CC)OCCN(Cc3cccc(OC)c3)C(=O)Nc3ccc(-c4cn[nH]c4)cc3OCCN3CCCC3)cc21. The quantitative estimate of drug-likeness (QED) is 0.0574. The maximum Gasteiger partial charge on any atom is 0.322 e. The number of aromatic amines is 1. The molecule has 1 fully saturated rings. The molecule has 1 saturated heterocycles. The number of ether oxygens (including phenoxy) is 4. The van der Waals surface area contributed by atoms with E-state index in [1.165, 1.54) is 19.9 Å². The fourth-order valence-corrected chi connectivity index (χ4v) is 13.4. The lowest BCUT2D eigenvalue weighted by atomic mass is 10.1. The number of sulfone groups is 1. The van der Waals surface area contributed by atoms with Gasteiger partial charge in [-0.1, -0.05) is 32.0 Å². The highest BCUT2D eigenvalue weighted by atomic mass is 32.3. The molecule has 382 valence electrons. The molecular formula is C48H65N7O12S3. The second kappa shape index (κ2) is 24.7. The molecule has 0 radical (unpaired) electrons. The molecule has 0 spiro atoms. The van der Waals surface area contributed by atoms with Crippen LogP contribution in [0.25, 0.3) is 11.1 Å². The number of amides is 3. The number of benzene rings is 2. The topological polar surface area (TPSA) is 245 Å². The van der Waals surface area contributed by atoms with Crippen LogP contribution in [0.4, 0.5) is 10.5 Å². The van der Waals surface area contributed by atoms with Gasteiger partial charge < -0.3 is 34.5 Å². The van der Waals surface area contributed by atoms with Gasteiger partial charge in [0.05, 0.1) is 30.9 Å². The number of thiophene rings is 1. The fraction of sp³-hybridized carbons (Fsp3) is 0.521. The molecule has 0 aliphatic carbocycles. The highest BCUT2D eigenvalue weighted by molar-refractivity contribution is 7.95. The number of rotatable bonds is 26. The minimum absolute atomic E-state index is 0.0290. The highest BCUT2D eigenvalue weighted by Crippen LogP contribution is 2.43. The molecule has 2 aromatic carbocycles. The maximum absolute atomic E-state index is 14.2. The number of carbonyl (C=O) groups excluding carboxylic acids is 4. The molecule has 2 aliphatic heterocycles. The molecule has 4 N–H and O–H groups in total. The number of hydrogen-bond donors (Lipinski definition) is 4. The Morgan fingerprint density at radius 3 is 2.47 bits per heavy atom. The number of ketones is 2. The third kappa shape index (κ3) is 14.0. The van der Waals surface area contributed by atoms with Gasteiger partial charge in [0, 0.05) is 55.8 Å². The van der Waals surface area contributed by atoms with Crippen LogP contribution in [0.15, 0.2) is 69.3 Å². The molecule has 6 rings (SSSR count). The molecule has 4 aromatic rings. The Morgan fingerprint density at radius 2 is 1.77 bits per heavy atom. The zero-order valence-corrected chi connectivity index (χ0v) is 43.0. The van der Waals surface area contributed by atoms with Crippen molar-refractivity contribution >= 4 is 60.4 Å². The van der Waals surface area contributed by atoms with E-state index < -0.39 is 79.8 Å². The standard InChI is InChI=1S/C48H65N7O12S3/c1-7-42(46(58)33(5)67-32(4)41(56)16-17-44(57)53-70(62,63)45-27-38-40(49-8-2)24-31(3)69(60,61)47(38)68-45)65-23-21-55(30-34-12-11-13-37(25-34)64-6)48(59)52-39-15-14-35(36-28-50-51-29-36)26-43(39)66-22-20-54-18-9-10-19-54/h11-15,25-29,31-33,40,42,49H,7-10,16-24,30H2,1-6H3,(H,50,51)(H,52,59)(H,53,57)/t31-,32?,33?,40-,42?/m0/s1. The first kappa shape index (κ1) is 54.1. The van der Waals surface area contributed by atoms with Crippen LogP contribution >= 0.6 is 11.3 Å². The second-order valence-electron chi connectivity index (χ2n) is 17.4. The van der Waals surface area contributed by atoms with Gasteiger partial charge in [-0.15, -0.1) is 11.3 Å². The Balaban J connectivity index is 1.03. The molecule has 4 heterocycles. The van der Waals surface area contributed by atoms with E-state index in [1.807, 2.05) is 42.0 Å². The number of Topliss-reactive ketones (excluding diaryl/α,β-unsaturated/α-hetero) is 2. The summed E-state index contributed by atoms with van der Waals surface area (Å²) in [5, 5.41) is 12.4. The van der Waals surface area contributed by atoms with Gasteiger partial charge in [-0.3, -0.25) is 24.4 Å². The summed E-state index contributed by atoms with van der Waals surface area (Å²) in [4.78, 5) is 57.7. The van der Waals surface area contributed by atoms with Crippen molar-refractivity contribution in [1.82, 2.24) is 30.0 Å². The number of nitrogens with zero attached hydrogens (tertiary/aromatic N) is 3. The van der Waals surface area contributed by atoms with Crippen molar-refractivity contribution in [3.05, 3.63) is 72.1 Å². The predicted octanol–water partition coefficient (Wildman–Crippen LogP) is 5.88. The molecule has 3 unspecified atom stereocenters. The number of nitrogens with one attached hydrogen (secondary N) is 4. The average Bonchev–Trinajstić information content (AvgIpc) is 4.16. The van der Waals surface area contributed by atoms with Crippen molar-refractivity contribution in [2.24, 2.45) is 0 Å². The number of anilines is 1. The summed E-state index contributed by atoms with van der Waals surface area (Å²) < 4.78 is 77.7. The van der Waals surface area contributed by atoms with Gasteiger partial charge in [0.2, 0.25) is 5.91 Å². The Bertz CT molecular complexity index is 2650. The van der Waals surface area contributed by atoms with Gasteiger partial charge >= 0.3 is 6.03 Å². The van der Waals surface area contributed by atoms with Crippen LogP contribution in [-0.4, -0.2) is 137 Å². The lowest BCUT2D eigenvalue weighted by Gasteiger charge is -2.27. The number of H-pyrrole nitrogens is 1. The van der Waals surface area contributed by atoms with Crippen molar-refractivity contribution < 1.29 is 55.0 Å². The number of urea groups is 1. The summed E-state index contributed by atoms with van der Waals surface area (Å²) in [5.41, 5.74) is 3.33. The number of sulfonamides is 1. The largest absolute Gasteiger partial charge is 0.497 e. The molecule has 2 aliphatic rings. The Labute approximate surface area is 414 Å². The van der Waals surface area contributed by atoms with E-state index in [1.54, 1.807) is 50.4 Å². The van der Waals surface area contributed by atoms with E-state index in [4.69, 9.17) is 18.9 Å². The van der Waals surface area contributed by atoms with Crippen LogP contribution < -0.4 is 24.8 Å². The predicted molar refractivity (Wildman–Crippen MR) is 264 cm³/mol. The number of hydrogen-bond acceptors (Lipinski definition) is 16. The lowest BCUT2D eigenvalue weighted by Crippen LogP contribution is -2.40. The van der Waals surface area contributed by atoms with Crippen molar-refractivity contribution in [3.8, 4) is 22.6 Å². The van der Waals surface area contributed by atoms with Crippen LogP contribution in [0.3, 0.4) is 0 Å². The summed E-state index contributed by atoms with van der Waals surface area (Å²) in [5.74, 6) is -0.825. The van der Waals surface area contributed by atoms with E-state index in [2.05, 4.69) is 25.7 Å². The zero-order chi connectivity index (χ0) is 50.6. The van der Waals surface area contributed by atoms with Gasteiger partial charge in [0.15, 0.2) is 21.4 Å². The minimum Gasteiger partial charge on any atom is -0.497 e. The zero-order valence-electron chi connectivity index (χ0n) is 40.5. The summed E-state index contributed by atoms with van der Waals surface area (Å²) in [6.07, 6.45) is 2.27.